The van der Waals surface area contributed by atoms with Gasteiger partial charge in [-0.05, 0) is 43.5 Å². The lowest BCUT2D eigenvalue weighted by Gasteiger charge is -2.21. The smallest absolute Gasteiger partial charge is 0.253 e. The van der Waals surface area contributed by atoms with Crippen LogP contribution < -0.4 is 5.32 Å². The molecule has 0 bridgehead atoms. The van der Waals surface area contributed by atoms with Crippen molar-refractivity contribution >= 4 is 11.6 Å². The quantitative estimate of drug-likeness (QED) is 0.827. The van der Waals surface area contributed by atoms with Crippen molar-refractivity contribution in [1.29, 1.82) is 0 Å². The number of nitrogens with zero attached hydrogens (tertiary/aromatic N) is 1. The SMILES string of the molecule is CCOCCN(C)C(=O)c1ccc2c(c1)CCCN2. The van der Waals surface area contributed by atoms with Crippen LogP contribution in [0.5, 0.6) is 0 Å². The highest BCUT2D eigenvalue weighted by Gasteiger charge is 2.15. The number of fused-ring (bicyclic) bond motifs is 1. The van der Waals surface area contributed by atoms with Crippen LogP contribution in [-0.2, 0) is 11.2 Å². The second kappa shape index (κ2) is 6.57. The van der Waals surface area contributed by atoms with Crippen LogP contribution in [0.15, 0.2) is 18.2 Å². The van der Waals surface area contributed by atoms with Crippen LogP contribution in [0.25, 0.3) is 0 Å². The number of benzene rings is 1. The number of anilines is 1. The minimum absolute atomic E-state index is 0.0630. The lowest BCUT2D eigenvalue weighted by atomic mass is 10.0. The molecule has 4 heteroatoms. The highest BCUT2D eigenvalue weighted by molar-refractivity contribution is 5.94. The van der Waals surface area contributed by atoms with Gasteiger partial charge in [0.1, 0.15) is 0 Å². The van der Waals surface area contributed by atoms with Crippen LogP contribution in [-0.4, -0.2) is 44.2 Å². The highest BCUT2D eigenvalue weighted by Crippen LogP contribution is 2.23. The minimum Gasteiger partial charge on any atom is -0.385 e. The van der Waals surface area contributed by atoms with Gasteiger partial charge in [0.15, 0.2) is 0 Å². The average molecular weight is 262 g/mol. The Bertz CT molecular complexity index is 446. The molecule has 1 aromatic rings. The van der Waals surface area contributed by atoms with Gasteiger partial charge in [-0.3, -0.25) is 4.79 Å². The van der Waals surface area contributed by atoms with Crippen LogP contribution in [0.2, 0.25) is 0 Å². The Hall–Kier alpha value is -1.55. The fraction of sp³-hybridized carbons (Fsp3) is 0.533. The van der Waals surface area contributed by atoms with Gasteiger partial charge in [0.2, 0.25) is 0 Å². The Morgan fingerprint density at radius 2 is 2.32 bits per heavy atom. The molecular weight excluding hydrogens is 240 g/mol. The second-order valence-corrected chi connectivity index (χ2v) is 4.83. The molecule has 19 heavy (non-hydrogen) atoms. The van der Waals surface area contributed by atoms with Crippen molar-refractivity contribution in [2.45, 2.75) is 19.8 Å². The van der Waals surface area contributed by atoms with E-state index >= 15 is 0 Å². The van der Waals surface area contributed by atoms with E-state index in [2.05, 4.69) is 5.32 Å². The number of hydrogen-bond donors (Lipinski definition) is 1. The number of likely N-dealkylation sites (N-methyl/N-ethyl adjacent to an activating group) is 1. The number of ether oxygens (including phenoxy) is 1. The summed E-state index contributed by atoms with van der Waals surface area (Å²) in [7, 11) is 1.82. The van der Waals surface area contributed by atoms with Crippen LogP contribution in [0.4, 0.5) is 5.69 Å². The van der Waals surface area contributed by atoms with E-state index in [1.165, 1.54) is 11.3 Å². The standard InChI is InChI=1S/C15H22N2O2/c1-3-19-10-9-17(2)15(18)13-6-7-14-12(11-13)5-4-8-16-14/h6-7,11,16H,3-5,8-10H2,1-2H3. The lowest BCUT2D eigenvalue weighted by Crippen LogP contribution is -2.30. The maximum absolute atomic E-state index is 12.3. The summed E-state index contributed by atoms with van der Waals surface area (Å²) in [6.07, 6.45) is 2.18. The Morgan fingerprint density at radius 1 is 1.47 bits per heavy atom. The number of hydrogen-bond acceptors (Lipinski definition) is 3. The van der Waals surface area contributed by atoms with Gasteiger partial charge in [0.05, 0.1) is 6.61 Å². The summed E-state index contributed by atoms with van der Waals surface area (Å²) >= 11 is 0. The normalized spacial score (nSPS) is 13.6. The average Bonchev–Trinajstić information content (AvgIpc) is 2.46. The summed E-state index contributed by atoms with van der Waals surface area (Å²) in [5.41, 5.74) is 3.18. The summed E-state index contributed by atoms with van der Waals surface area (Å²) in [4.78, 5) is 14.0. The Morgan fingerprint density at radius 3 is 3.11 bits per heavy atom. The van der Waals surface area contributed by atoms with Gasteiger partial charge in [-0.25, -0.2) is 0 Å². The van der Waals surface area contributed by atoms with E-state index < -0.39 is 0 Å². The molecule has 0 saturated carbocycles. The summed E-state index contributed by atoms with van der Waals surface area (Å²) in [6, 6.07) is 5.93. The van der Waals surface area contributed by atoms with E-state index in [1.54, 1.807) is 4.90 Å². The number of rotatable bonds is 5. The molecule has 0 fully saturated rings. The molecule has 104 valence electrons. The van der Waals surface area contributed by atoms with Crippen LogP contribution in [0.3, 0.4) is 0 Å². The van der Waals surface area contributed by atoms with E-state index in [0.29, 0.717) is 19.8 Å². The minimum atomic E-state index is 0.0630. The van der Waals surface area contributed by atoms with E-state index in [4.69, 9.17) is 4.74 Å². The molecule has 0 radical (unpaired) electrons. The van der Waals surface area contributed by atoms with E-state index in [9.17, 15) is 4.79 Å². The van der Waals surface area contributed by atoms with Crippen molar-refractivity contribution in [3.8, 4) is 0 Å². The first-order chi connectivity index (χ1) is 9.22. The van der Waals surface area contributed by atoms with Crippen molar-refractivity contribution in [2.75, 3.05) is 38.7 Å². The predicted molar refractivity (Wildman–Crippen MR) is 76.7 cm³/mol. The first kappa shape index (κ1) is 13.9. The second-order valence-electron chi connectivity index (χ2n) is 4.83. The Balaban J connectivity index is 2.02. The molecular formula is C15H22N2O2. The lowest BCUT2D eigenvalue weighted by molar-refractivity contribution is 0.0710. The first-order valence-corrected chi connectivity index (χ1v) is 6.92. The molecule has 0 unspecified atom stereocenters. The summed E-state index contributed by atoms with van der Waals surface area (Å²) in [5, 5.41) is 3.35. The van der Waals surface area contributed by atoms with E-state index in [-0.39, 0.29) is 5.91 Å². The molecule has 0 aliphatic carbocycles. The zero-order valence-electron chi connectivity index (χ0n) is 11.7. The fourth-order valence-electron chi connectivity index (χ4n) is 2.28. The molecule has 0 atom stereocenters. The molecule has 1 aliphatic heterocycles. The fourth-order valence-corrected chi connectivity index (χ4v) is 2.28. The third-order valence-corrected chi connectivity index (χ3v) is 3.41. The number of carbonyl (C=O) groups excluding carboxylic acids is 1. The van der Waals surface area contributed by atoms with Gasteiger partial charge in [-0.1, -0.05) is 0 Å². The molecule has 1 aromatic carbocycles. The molecule has 0 spiro atoms. The largest absolute Gasteiger partial charge is 0.385 e. The number of aryl methyl sites for hydroxylation is 1. The van der Waals surface area contributed by atoms with Gasteiger partial charge in [0.25, 0.3) is 5.91 Å². The monoisotopic (exact) mass is 262 g/mol. The van der Waals surface area contributed by atoms with Gasteiger partial charge < -0.3 is 15.0 Å². The van der Waals surface area contributed by atoms with Crippen molar-refractivity contribution in [3.63, 3.8) is 0 Å². The number of nitrogens with one attached hydrogen (secondary N) is 1. The Labute approximate surface area is 114 Å². The predicted octanol–water partition coefficient (Wildman–Crippen LogP) is 2.15. The highest BCUT2D eigenvalue weighted by atomic mass is 16.5. The van der Waals surface area contributed by atoms with Crippen LogP contribution >= 0.6 is 0 Å². The third kappa shape index (κ3) is 3.47. The maximum Gasteiger partial charge on any atom is 0.253 e. The molecule has 1 amide bonds. The Kier molecular flexibility index (Phi) is 4.80. The summed E-state index contributed by atoms with van der Waals surface area (Å²) in [6.45, 7) is 4.88. The van der Waals surface area contributed by atoms with Crippen molar-refractivity contribution < 1.29 is 9.53 Å². The van der Waals surface area contributed by atoms with Gasteiger partial charge >= 0.3 is 0 Å². The van der Waals surface area contributed by atoms with Crippen molar-refractivity contribution in [2.24, 2.45) is 0 Å². The first-order valence-electron chi connectivity index (χ1n) is 6.92. The molecule has 1 heterocycles. The molecule has 4 nitrogen and oxygen atoms in total. The van der Waals surface area contributed by atoms with Gasteiger partial charge in [0, 0.05) is 38.0 Å². The molecule has 1 N–H and O–H groups in total. The zero-order chi connectivity index (χ0) is 13.7. The molecule has 0 aromatic heterocycles. The van der Waals surface area contributed by atoms with Crippen molar-refractivity contribution in [1.82, 2.24) is 4.90 Å². The van der Waals surface area contributed by atoms with Gasteiger partial charge in [-0.15, -0.1) is 0 Å². The maximum atomic E-state index is 12.3. The van der Waals surface area contributed by atoms with E-state index in [1.807, 2.05) is 32.2 Å². The van der Waals surface area contributed by atoms with Crippen molar-refractivity contribution in [3.05, 3.63) is 29.3 Å². The van der Waals surface area contributed by atoms with E-state index in [0.717, 1.165) is 24.9 Å². The van der Waals surface area contributed by atoms with Crippen LogP contribution in [0, 0.1) is 0 Å². The number of amides is 1. The molecule has 2 rings (SSSR count). The molecule has 1 aliphatic rings. The topological polar surface area (TPSA) is 41.6 Å². The van der Waals surface area contributed by atoms with Gasteiger partial charge in [-0.2, -0.15) is 0 Å². The zero-order valence-corrected chi connectivity index (χ0v) is 11.7. The summed E-state index contributed by atoms with van der Waals surface area (Å²) < 4.78 is 5.28. The number of carbonyl (C=O) groups is 1. The third-order valence-electron chi connectivity index (χ3n) is 3.41. The van der Waals surface area contributed by atoms with Crippen LogP contribution in [0.1, 0.15) is 29.3 Å². The summed E-state index contributed by atoms with van der Waals surface area (Å²) in [5.74, 6) is 0.0630. The molecule has 0 saturated heterocycles.